The molecule has 0 saturated heterocycles. The molecule has 1 aromatic heterocycles. The van der Waals surface area contributed by atoms with Crippen LogP contribution in [0.4, 0.5) is 0 Å². The standard InChI is InChI=1S/C10H13N3O/c1-7(2)4-3-5-8-9(10(11)14)13-6-12-8/h6-7H,4H2,1-2H3,(H2,11,14)(H,12,13). The van der Waals surface area contributed by atoms with Crippen LogP contribution >= 0.6 is 0 Å². The lowest BCUT2D eigenvalue weighted by molar-refractivity contribution is 0.0996. The second-order valence-electron chi connectivity index (χ2n) is 3.39. The van der Waals surface area contributed by atoms with Gasteiger partial charge >= 0.3 is 0 Å². The first kappa shape index (κ1) is 10.3. The number of carbonyl (C=O) groups excluding carboxylic acids is 1. The largest absolute Gasteiger partial charge is 0.364 e. The molecule has 1 heterocycles. The molecule has 4 nitrogen and oxygen atoms in total. The molecule has 0 saturated carbocycles. The van der Waals surface area contributed by atoms with Gasteiger partial charge in [-0.2, -0.15) is 0 Å². The number of aromatic nitrogens is 2. The molecular weight excluding hydrogens is 178 g/mol. The highest BCUT2D eigenvalue weighted by atomic mass is 16.1. The molecule has 0 bridgehead atoms. The number of hydrogen-bond donors (Lipinski definition) is 2. The quantitative estimate of drug-likeness (QED) is 0.682. The van der Waals surface area contributed by atoms with Crippen LogP contribution in [0.1, 0.15) is 36.5 Å². The highest BCUT2D eigenvalue weighted by Crippen LogP contribution is 2.01. The summed E-state index contributed by atoms with van der Waals surface area (Å²) in [5, 5.41) is 0. The van der Waals surface area contributed by atoms with E-state index in [2.05, 4.69) is 35.7 Å². The van der Waals surface area contributed by atoms with Gasteiger partial charge in [0.15, 0.2) is 5.69 Å². The molecule has 0 atom stereocenters. The third-order valence-electron chi connectivity index (χ3n) is 1.60. The Morgan fingerprint density at radius 3 is 3.00 bits per heavy atom. The molecule has 0 aliphatic carbocycles. The molecule has 0 fully saturated rings. The summed E-state index contributed by atoms with van der Waals surface area (Å²) in [6.45, 7) is 4.16. The number of rotatable bonds is 2. The van der Waals surface area contributed by atoms with Gasteiger partial charge in [0.05, 0.1) is 6.33 Å². The van der Waals surface area contributed by atoms with Gasteiger partial charge in [-0.3, -0.25) is 4.79 Å². The van der Waals surface area contributed by atoms with Crippen molar-refractivity contribution in [3.63, 3.8) is 0 Å². The first-order chi connectivity index (χ1) is 6.61. The smallest absolute Gasteiger partial charge is 0.270 e. The lowest BCUT2D eigenvalue weighted by Crippen LogP contribution is -2.12. The molecule has 0 unspecified atom stereocenters. The maximum absolute atomic E-state index is 10.9. The molecule has 3 N–H and O–H groups in total. The molecule has 1 amide bonds. The fraction of sp³-hybridized carbons (Fsp3) is 0.400. The minimum atomic E-state index is -0.555. The summed E-state index contributed by atoms with van der Waals surface area (Å²) in [6, 6.07) is 0. The van der Waals surface area contributed by atoms with E-state index in [0.29, 0.717) is 11.6 Å². The van der Waals surface area contributed by atoms with Crippen molar-refractivity contribution < 1.29 is 4.79 Å². The van der Waals surface area contributed by atoms with Gasteiger partial charge in [-0.05, 0) is 11.8 Å². The van der Waals surface area contributed by atoms with Crippen LogP contribution in [0.3, 0.4) is 0 Å². The monoisotopic (exact) mass is 191 g/mol. The fourth-order valence-corrected chi connectivity index (χ4v) is 0.920. The number of amides is 1. The van der Waals surface area contributed by atoms with Gasteiger partial charge in [0.25, 0.3) is 5.91 Å². The number of hydrogen-bond acceptors (Lipinski definition) is 2. The Morgan fingerprint density at radius 2 is 2.43 bits per heavy atom. The van der Waals surface area contributed by atoms with E-state index in [9.17, 15) is 4.79 Å². The minimum Gasteiger partial charge on any atom is -0.364 e. The van der Waals surface area contributed by atoms with Crippen molar-refractivity contribution in [2.75, 3.05) is 0 Å². The lowest BCUT2D eigenvalue weighted by atomic mass is 10.1. The predicted molar refractivity (Wildman–Crippen MR) is 53.4 cm³/mol. The van der Waals surface area contributed by atoms with E-state index in [0.717, 1.165) is 6.42 Å². The Balaban J connectivity index is 2.79. The Morgan fingerprint density at radius 1 is 1.71 bits per heavy atom. The first-order valence-electron chi connectivity index (χ1n) is 4.43. The first-order valence-corrected chi connectivity index (χ1v) is 4.43. The topological polar surface area (TPSA) is 71.8 Å². The van der Waals surface area contributed by atoms with Crippen molar-refractivity contribution >= 4 is 5.91 Å². The number of primary amides is 1. The SMILES string of the molecule is CC(C)CC#Cc1[nH]cnc1C(N)=O. The highest BCUT2D eigenvalue weighted by Gasteiger charge is 2.08. The average Bonchev–Trinajstić information content (AvgIpc) is 2.51. The van der Waals surface area contributed by atoms with Gasteiger partial charge in [-0.1, -0.05) is 19.8 Å². The van der Waals surface area contributed by atoms with Gasteiger partial charge in [-0.25, -0.2) is 4.98 Å². The molecule has 0 spiro atoms. The van der Waals surface area contributed by atoms with E-state index in [-0.39, 0.29) is 5.69 Å². The Labute approximate surface area is 82.9 Å². The van der Waals surface area contributed by atoms with Gasteiger partial charge in [-0.15, -0.1) is 0 Å². The lowest BCUT2D eigenvalue weighted by Gasteiger charge is -1.93. The average molecular weight is 191 g/mol. The van der Waals surface area contributed by atoms with Crippen molar-refractivity contribution in [3.8, 4) is 11.8 Å². The third-order valence-corrected chi connectivity index (χ3v) is 1.60. The highest BCUT2D eigenvalue weighted by molar-refractivity contribution is 5.92. The molecule has 1 rings (SSSR count). The molecule has 0 radical (unpaired) electrons. The zero-order valence-corrected chi connectivity index (χ0v) is 8.29. The second kappa shape index (κ2) is 4.47. The van der Waals surface area contributed by atoms with E-state index < -0.39 is 5.91 Å². The van der Waals surface area contributed by atoms with E-state index in [1.807, 2.05) is 0 Å². The van der Waals surface area contributed by atoms with Crippen LogP contribution in [0.2, 0.25) is 0 Å². The maximum Gasteiger partial charge on any atom is 0.270 e. The van der Waals surface area contributed by atoms with Crippen LogP contribution < -0.4 is 5.73 Å². The summed E-state index contributed by atoms with van der Waals surface area (Å²) in [5.41, 5.74) is 5.81. The number of nitrogens with two attached hydrogens (primary N) is 1. The molecule has 0 aliphatic rings. The van der Waals surface area contributed by atoms with Crippen molar-refractivity contribution in [3.05, 3.63) is 17.7 Å². The molecular formula is C10H13N3O. The number of imidazole rings is 1. The van der Waals surface area contributed by atoms with Crippen molar-refractivity contribution in [2.24, 2.45) is 11.7 Å². The van der Waals surface area contributed by atoms with Crippen LogP contribution in [-0.4, -0.2) is 15.9 Å². The molecule has 1 aromatic rings. The van der Waals surface area contributed by atoms with Crippen molar-refractivity contribution in [1.82, 2.24) is 9.97 Å². The van der Waals surface area contributed by atoms with Crippen LogP contribution in [0.25, 0.3) is 0 Å². The normalized spacial score (nSPS) is 9.64. The zero-order chi connectivity index (χ0) is 10.6. The van der Waals surface area contributed by atoms with Crippen LogP contribution in [-0.2, 0) is 0 Å². The molecule has 4 heteroatoms. The molecule has 0 aliphatic heterocycles. The third kappa shape index (κ3) is 2.63. The number of H-pyrrole nitrogens is 1. The Kier molecular flexibility index (Phi) is 3.29. The van der Waals surface area contributed by atoms with E-state index in [1.165, 1.54) is 6.33 Å². The summed E-state index contributed by atoms with van der Waals surface area (Å²) in [5.74, 6) is 5.75. The summed E-state index contributed by atoms with van der Waals surface area (Å²) in [4.78, 5) is 17.4. The number of nitrogens with zero attached hydrogens (tertiary/aromatic N) is 1. The van der Waals surface area contributed by atoms with E-state index >= 15 is 0 Å². The van der Waals surface area contributed by atoms with Crippen molar-refractivity contribution in [1.29, 1.82) is 0 Å². The Bertz CT molecular complexity index is 382. The zero-order valence-electron chi connectivity index (χ0n) is 8.29. The van der Waals surface area contributed by atoms with E-state index in [1.54, 1.807) is 0 Å². The van der Waals surface area contributed by atoms with Crippen LogP contribution in [0, 0.1) is 17.8 Å². The Hall–Kier alpha value is -1.76. The molecule has 74 valence electrons. The van der Waals surface area contributed by atoms with Gasteiger partial charge in [0.2, 0.25) is 0 Å². The minimum absolute atomic E-state index is 0.209. The van der Waals surface area contributed by atoms with Crippen LogP contribution in [0.15, 0.2) is 6.33 Å². The maximum atomic E-state index is 10.9. The summed E-state index contributed by atoms with van der Waals surface area (Å²) >= 11 is 0. The van der Waals surface area contributed by atoms with Crippen molar-refractivity contribution in [2.45, 2.75) is 20.3 Å². The summed E-state index contributed by atoms with van der Waals surface area (Å²) in [7, 11) is 0. The van der Waals surface area contributed by atoms with Gasteiger partial charge < -0.3 is 10.7 Å². The molecule has 14 heavy (non-hydrogen) atoms. The molecule has 0 aromatic carbocycles. The van der Waals surface area contributed by atoms with Crippen LogP contribution in [0.5, 0.6) is 0 Å². The second-order valence-corrected chi connectivity index (χ2v) is 3.39. The number of carbonyl (C=O) groups is 1. The van der Waals surface area contributed by atoms with E-state index in [4.69, 9.17) is 5.73 Å². The predicted octanol–water partition coefficient (Wildman–Crippen LogP) is 0.906. The number of aromatic amines is 1. The fourth-order valence-electron chi connectivity index (χ4n) is 0.920. The summed E-state index contributed by atoms with van der Waals surface area (Å²) < 4.78 is 0. The number of nitrogens with one attached hydrogen (secondary N) is 1. The van der Waals surface area contributed by atoms with Gasteiger partial charge in [0.1, 0.15) is 5.69 Å². The summed E-state index contributed by atoms with van der Waals surface area (Å²) in [6.07, 6.45) is 2.21. The van der Waals surface area contributed by atoms with Gasteiger partial charge in [0, 0.05) is 6.42 Å².